The molecule has 0 radical (unpaired) electrons. The van der Waals surface area contributed by atoms with Gasteiger partial charge in [-0.15, -0.1) is 0 Å². The van der Waals surface area contributed by atoms with E-state index in [4.69, 9.17) is 23.2 Å². The van der Waals surface area contributed by atoms with Gasteiger partial charge in [0.2, 0.25) is 0 Å². The van der Waals surface area contributed by atoms with Crippen molar-refractivity contribution in [2.24, 2.45) is 0 Å². The molecule has 0 amide bonds. The fourth-order valence-corrected chi connectivity index (χ4v) is 2.03. The van der Waals surface area contributed by atoms with Crippen LogP contribution in [0.4, 0.5) is 10.1 Å². The van der Waals surface area contributed by atoms with Crippen LogP contribution in [0, 0.1) is 12.7 Å². The summed E-state index contributed by atoms with van der Waals surface area (Å²) in [5.74, 6) is -0.264. The summed E-state index contributed by atoms with van der Waals surface area (Å²) >= 11 is 12.0. The molecule has 0 aromatic heterocycles. The van der Waals surface area contributed by atoms with Gasteiger partial charge in [-0.05, 0) is 48.4 Å². The molecule has 0 aliphatic heterocycles. The number of halogens is 3. The van der Waals surface area contributed by atoms with Crippen LogP contribution in [0.1, 0.15) is 11.1 Å². The van der Waals surface area contributed by atoms with E-state index in [1.54, 1.807) is 24.3 Å². The Hall–Kier alpha value is -1.25. The zero-order valence-corrected chi connectivity index (χ0v) is 11.3. The molecule has 0 heterocycles. The number of hydrogen-bond donors (Lipinski definition) is 1. The minimum atomic E-state index is -0.264. The number of anilines is 1. The van der Waals surface area contributed by atoms with E-state index in [1.165, 1.54) is 12.1 Å². The standard InChI is InChI=1S/C14H12Cl2FN/c1-9-2-4-12(17)7-14(9)18-8-10-6-11(15)3-5-13(10)16/h2-7,18H,8H2,1H3. The predicted molar refractivity (Wildman–Crippen MR) is 74.9 cm³/mol. The van der Waals surface area contributed by atoms with Crippen molar-refractivity contribution in [1.29, 1.82) is 0 Å². The molecule has 0 spiro atoms. The molecule has 0 bridgehead atoms. The minimum Gasteiger partial charge on any atom is -0.381 e. The van der Waals surface area contributed by atoms with Crippen LogP contribution in [-0.2, 0) is 6.54 Å². The molecule has 2 aromatic carbocycles. The SMILES string of the molecule is Cc1ccc(F)cc1NCc1cc(Cl)ccc1Cl. The lowest BCUT2D eigenvalue weighted by Gasteiger charge is -2.11. The first-order valence-electron chi connectivity index (χ1n) is 5.50. The van der Waals surface area contributed by atoms with Crippen molar-refractivity contribution in [1.82, 2.24) is 0 Å². The Kier molecular flexibility index (Phi) is 4.10. The van der Waals surface area contributed by atoms with Gasteiger partial charge < -0.3 is 5.32 Å². The van der Waals surface area contributed by atoms with E-state index in [0.717, 1.165) is 16.8 Å². The monoisotopic (exact) mass is 283 g/mol. The Balaban J connectivity index is 2.16. The Morgan fingerprint density at radius 1 is 1.11 bits per heavy atom. The fourth-order valence-electron chi connectivity index (χ4n) is 1.65. The third-order valence-corrected chi connectivity index (χ3v) is 3.28. The first-order valence-corrected chi connectivity index (χ1v) is 6.26. The summed E-state index contributed by atoms with van der Waals surface area (Å²) in [6.45, 7) is 2.42. The smallest absolute Gasteiger partial charge is 0.125 e. The van der Waals surface area contributed by atoms with Crippen LogP contribution in [0.15, 0.2) is 36.4 Å². The highest BCUT2D eigenvalue weighted by Gasteiger charge is 2.04. The van der Waals surface area contributed by atoms with Gasteiger partial charge in [-0.1, -0.05) is 29.3 Å². The van der Waals surface area contributed by atoms with Gasteiger partial charge in [-0.25, -0.2) is 4.39 Å². The van der Waals surface area contributed by atoms with Crippen molar-refractivity contribution in [2.75, 3.05) is 5.32 Å². The molecule has 0 aliphatic rings. The van der Waals surface area contributed by atoms with E-state index in [0.29, 0.717) is 16.6 Å². The Bertz CT molecular complexity index is 518. The summed E-state index contributed by atoms with van der Waals surface area (Å²) in [4.78, 5) is 0. The van der Waals surface area contributed by atoms with Crippen LogP contribution in [0.5, 0.6) is 0 Å². The maximum atomic E-state index is 13.1. The molecular weight excluding hydrogens is 272 g/mol. The van der Waals surface area contributed by atoms with Gasteiger partial charge in [0.25, 0.3) is 0 Å². The van der Waals surface area contributed by atoms with Crippen LogP contribution in [0.2, 0.25) is 10.0 Å². The lowest BCUT2D eigenvalue weighted by Crippen LogP contribution is -2.02. The summed E-state index contributed by atoms with van der Waals surface area (Å²) in [7, 11) is 0. The van der Waals surface area contributed by atoms with E-state index in [9.17, 15) is 4.39 Å². The van der Waals surface area contributed by atoms with Gasteiger partial charge in [-0.3, -0.25) is 0 Å². The van der Waals surface area contributed by atoms with Gasteiger partial charge >= 0.3 is 0 Å². The van der Waals surface area contributed by atoms with Crippen molar-refractivity contribution < 1.29 is 4.39 Å². The number of hydrogen-bond acceptors (Lipinski definition) is 1. The van der Waals surface area contributed by atoms with Crippen LogP contribution in [-0.4, -0.2) is 0 Å². The maximum absolute atomic E-state index is 13.1. The quantitative estimate of drug-likeness (QED) is 0.831. The summed E-state index contributed by atoms with van der Waals surface area (Å²) in [6, 6.07) is 9.92. The van der Waals surface area contributed by atoms with Gasteiger partial charge in [0.05, 0.1) is 0 Å². The Labute approximate surface area is 116 Å². The molecule has 0 saturated heterocycles. The lowest BCUT2D eigenvalue weighted by molar-refractivity contribution is 0.628. The number of rotatable bonds is 3. The van der Waals surface area contributed by atoms with Crippen LogP contribution in [0.3, 0.4) is 0 Å². The highest BCUT2D eigenvalue weighted by atomic mass is 35.5. The molecule has 1 N–H and O–H groups in total. The van der Waals surface area contributed by atoms with E-state index in [2.05, 4.69) is 5.32 Å². The molecule has 0 fully saturated rings. The van der Waals surface area contributed by atoms with Gasteiger partial charge in [0, 0.05) is 22.3 Å². The van der Waals surface area contributed by atoms with Crippen molar-refractivity contribution in [3.63, 3.8) is 0 Å². The maximum Gasteiger partial charge on any atom is 0.125 e. The molecule has 2 rings (SSSR count). The molecule has 94 valence electrons. The number of benzene rings is 2. The summed E-state index contributed by atoms with van der Waals surface area (Å²) < 4.78 is 13.1. The van der Waals surface area contributed by atoms with Crippen molar-refractivity contribution in [2.45, 2.75) is 13.5 Å². The third-order valence-electron chi connectivity index (χ3n) is 2.68. The topological polar surface area (TPSA) is 12.0 Å². The molecular formula is C14H12Cl2FN. The molecule has 0 atom stereocenters. The fraction of sp³-hybridized carbons (Fsp3) is 0.143. The molecule has 0 aliphatic carbocycles. The predicted octanol–water partition coefficient (Wildman–Crippen LogP) is 5.05. The summed E-state index contributed by atoms with van der Waals surface area (Å²) in [6.07, 6.45) is 0. The summed E-state index contributed by atoms with van der Waals surface area (Å²) in [5.41, 5.74) is 2.62. The van der Waals surface area contributed by atoms with E-state index < -0.39 is 0 Å². The van der Waals surface area contributed by atoms with Crippen LogP contribution >= 0.6 is 23.2 Å². The minimum absolute atomic E-state index is 0.264. The van der Waals surface area contributed by atoms with Crippen molar-refractivity contribution in [3.8, 4) is 0 Å². The molecule has 4 heteroatoms. The Morgan fingerprint density at radius 3 is 2.67 bits per heavy atom. The highest BCUT2D eigenvalue weighted by Crippen LogP contribution is 2.23. The zero-order chi connectivity index (χ0) is 13.1. The number of aryl methyl sites for hydroxylation is 1. The second kappa shape index (κ2) is 5.59. The second-order valence-corrected chi connectivity index (χ2v) is 4.89. The number of nitrogens with one attached hydrogen (secondary N) is 1. The average molecular weight is 284 g/mol. The first-order chi connectivity index (χ1) is 8.56. The molecule has 0 saturated carbocycles. The van der Waals surface area contributed by atoms with Gasteiger partial charge in [0.15, 0.2) is 0 Å². The second-order valence-electron chi connectivity index (χ2n) is 4.05. The largest absolute Gasteiger partial charge is 0.381 e. The van der Waals surface area contributed by atoms with Crippen molar-refractivity contribution >= 4 is 28.9 Å². The molecule has 1 nitrogen and oxygen atoms in total. The van der Waals surface area contributed by atoms with E-state index in [1.807, 2.05) is 6.92 Å². The third kappa shape index (κ3) is 3.15. The normalized spacial score (nSPS) is 10.4. The van der Waals surface area contributed by atoms with E-state index >= 15 is 0 Å². The highest BCUT2D eigenvalue weighted by molar-refractivity contribution is 6.33. The zero-order valence-electron chi connectivity index (χ0n) is 9.81. The van der Waals surface area contributed by atoms with Crippen molar-refractivity contribution in [3.05, 3.63) is 63.4 Å². The Morgan fingerprint density at radius 2 is 1.89 bits per heavy atom. The molecule has 2 aromatic rings. The lowest BCUT2D eigenvalue weighted by atomic mass is 10.1. The van der Waals surface area contributed by atoms with Crippen LogP contribution in [0.25, 0.3) is 0 Å². The summed E-state index contributed by atoms with van der Waals surface area (Å²) in [5, 5.41) is 4.43. The van der Waals surface area contributed by atoms with E-state index in [-0.39, 0.29) is 5.82 Å². The van der Waals surface area contributed by atoms with Gasteiger partial charge in [-0.2, -0.15) is 0 Å². The average Bonchev–Trinajstić information content (AvgIpc) is 2.34. The molecule has 18 heavy (non-hydrogen) atoms. The molecule has 0 unspecified atom stereocenters. The van der Waals surface area contributed by atoms with Gasteiger partial charge in [0.1, 0.15) is 5.82 Å². The first kappa shape index (κ1) is 13.2. The van der Waals surface area contributed by atoms with Crippen LogP contribution < -0.4 is 5.32 Å².